The van der Waals surface area contributed by atoms with Crippen molar-refractivity contribution in [1.82, 2.24) is 0 Å². The Morgan fingerprint density at radius 1 is 1.16 bits per heavy atom. The third-order valence-electron chi connectivity index (χ3n) is 3.08. The number of ether oxygens (including phenoxy) is 1. The van der Waals surface area contributed by atoms with Crippen molar-refractivity contribution in [3.8, 4) is 5.75 Å². The van der Waals surface area contributed by atoms with Crippen LogP contribution in [0.5, 0.6) is 5.75 Å². The van der Waals surface area contributed by atoms with E-state index in [4.69, 9.17) is 4.74 Å². The molecule has 0 amide bonds. The number of halogens is 1. The van der Waals surface area contributed by atoms with Crippen LogP contribution >= 0.6 is 0 Å². The second-order valence-electron chi connectivity index (χ2n) is 4.32. The smallest absolute Gasteiger partial charge is 0.127 e. The number of aldehydes is 1. The zero-order valence-electron chi connectivity index (χ0n) is 10.7. The second-order valence-corrected chi connectivity index (χ2v) is 4.32. The molecule has 0 bridgehead atoms. The lowest BCUT2D eigenvalue weighted by Gasteiger charge is -2.12. The van der Waals surface area contributed by atoms with Gasteiger partial charge in [-0.05, 0) is 35.7 Å². The molecule has 0 aromatic heterocycles. The lowest BCUT2D eigenvalue weighted by atomic mass is 9.93. The van der Waals surface area contributed by atoms with E-state index in [1.54, 1.807) is 25.3 Å². The fourth-order valence-corrected chi connectivity index (χ4v) is 2.02. The molecule has 2 aromatic carbocycles. The maximum Gasteiger partial charge on any atom is 0.127 e. The first-order valence-corrected chi connectivity index (χ1v) is 6.07. The molecule has 0 fully saturated rings. The minimum atomic E-state index is -0.463. The Hall–Kier alpha value is -2.16. The SMILES string of the molecule is COc1ccc(CC(C=O)c2ccccc2F)cc1. The van der Waals surface area contributed by atoms with Crippen LogP contribution in [0.2, 0.25) is 0 Å². The van der Waals surface area contributed by atoms with Gasteiger partial charge in [0.15, 0.2) is 0 Å². The summed E-state index contributed by atoms with van der Waals surface area (Å²) >= 11 is 0. The summed E-state index contributed by atoms with van der Waals surface area (Å²) in [7, 11) is 1.60. The van der Waals surface area contributed by atoms with E-state index in [1.807, 2.05) is 24.3 Å². The maximum atomic E-state index is 13.7. The Labute approximate surface area is 111 Å². The zero-order valence-corrected chi connectivity index (χ0v) is 10.7. The molecule has 19 heavy (non-hydrogen) atoms. The molecular weight excluding hydrogens is 243 g/mol. The standard InChI is InChI=1S/C16H15FO2/c1-19-14-8-6-12(7-9-14)10-13(11-18)15-4-2-3-5-16(15)17/h2-9,11,13H,10H2,1H3. The van der Waals surface area contributed by atoms with E-state index in [2.05, 4.69) is 0 Å². The van der Waals surface area contributed by atoms with Crippen molar-refractivity contribution in [3.05, 3.63) is 65.5 Å². The highest BCUT2D eigenvalue weighted by Gasteiger charge is 2.15. The fraction of sp³-hybridized carbons (Fsp3) is 0.188. The van der Waals surface area contributed by atoms with Crippen molar-refractivity contribution < 1.29 is 13.9 Å². The quantitative estimate of drug-likeness (QED) is 0.769. The van der Waals surface area contributed by atoms with Crippen LogP contribution in [-0.2, 0) is 11.2 Å². The van der Waals surface area contributed by atoms with Crippen LogP contribution in [0.3, 0.4) is 0 Å². The highest BCUT2D eigenvalue weighted by Crippen LogP contribution is 2.22. The number of benzene rings is 2. The predicted octanol–water partition coefficient (Wildman–Crippen LogP) is 3.36. The number of hydrogen-bond donors (Lipinski definition) is 0. The summed E-state index contributed by atoms with van der Waals surface area (Å²) in [4.78, 5) is 11.2. The summed E-state index contributed by atoms with van der Waals surface area (Å²) in [6, 6.07) is 13.8. The van der Waals surface area contributed by atoms with Crippen molar-refractivity contribution >= 4 is 6.29 Å². The number of carbonyl (C=O) groups is 1. The molecule has 2 nitrogen and oxygen atoms in total. The highest BCUT2D eigenvalue weighted by molar-refractivity contribution is 5.63. The number of methoxy groups -OCH3 is 1. The van der Waals surface area contributed by atoms with Gasteiger partial charge >= 0.3 is 0 Å². The van der Waals surface area contributed by atoms with Gasteiger partial charge in [0, 0.05) is 5.92 Å². The minimum absolute atomic E-state index is 0.340. The molecule has 1 atom stereocenters. The van der Waals surface area contributed by atoms with Gasteiger partial charge in [0.05, 0.1) is 7.11 Å². The van der Waals surface area contributed by atoms with Gasteiger partial charge in [0.1, 0.15) is 17.9 Å². The van der Waals surface area contributed by atoms with Gasteiger partial charge < -0.3 is 9.53 Å². The van der Waals surface area contributed by atoms with Gasteiger partial charge in [-0.1, -0.05) is 30.3 Å². The van der Waals surface area contributed by atoms with E-state index in [0.29, 0.717) is 12.0 Å². The van der Waals surface area contributed by atoms with Crippen LogP contribution in [0.15, 0.2) is 48.5 Å². The molecule has 1 unspecified atom stereocenters. The summed E-state index contributed by atoms with van der Waals surface area (Å²) in [5.41, 5.74) is 1.41. The van der Waals surface area contributed by atoms with Gasteiger partial charge in [-0.15, -0.1) is 0 Å². The highest BCUT2D eigenvalue weighted by atomic mass is 19.1. The largest absolute Gasteiger partial charge is 0.497 e. The van der Waals surface area contributed by atoms with E-state index in [9.17, 15) is 9.18 Å². The summed E-state index contributed by atoms with van der Waals surface area (Å²) in [5.74, 6) is -0.0417. The molecule has 0 aliphatic heterocycles. The third-order valence-corrected chi connectivity index (χ3v) is 3.08. The van der Waals surface area contributed by atoms with Crippen LogP contribution in [0, 0.1) is 5.82 Å². The molecule has 0 radical (unpaired) electrons. The van der Waals surface area contributed by atoms with Crippen molar-refractivity contribution in [2.24, 2.45) is 0 Å². The van der Waals surface area contributed by atoms with E-state index in [1.165, 1.54) is 6.07 Å². The summed E-state index contributed by atoms with van der Waals surface area (Å²) in [6.45, 7) is 0. The van der Waals surface area contributed by atoms with Gasteiger partial charge in [0.25, 0.3) is 0 Å². The van der Waals surface area contributed by atoms with Crippen LogP contribution < -0.4 is 4.74 Å². The van der Waals surface area contributed by atoms with Crippen LogP contribution in [0.4, 0.5) is 4.39 Å². The Bertz CT molecular complexity index is 549. The molecule has 0 heterocycles. The van der Waals surface area contributed by atoms with E-state index in [0.717, 1.165) is 17.6 Å². The van der Waals surface area contributed by atoms with Crippen LogP contribution in [0.1, 0.15) is 17.0 Å². The van der Waals surface area contributed by atoms with Gasteiger partial charge in [-0.3, -0.25) is 0 Å². The van der Waals surface area contributed by atoms with Crippen molar-refractivity contribution in [1.29, 1.82) is 0 Å². The van der Waals surface area contributed by atoms with Crippen molar-refractivity contribution in [2.45, 2.75) is 12.3 Å². The molecule has 98 valence electrons. The molecule has 0 N–H and O–H groups in total. The molecule has 0 aliphatic carbocycles. The molecule has 0 spiro atoms. The van der Waals surface area contributed by atoms with Gasteiger partial charge in [0.2, 0.25) is 0 Å². The van der Waals surface area contributed by atoms with Gasteiger partial charge in [-0.25, -0.2) is 4.39 Å². The van der Waals surface area contributed by atoms with E-state index >= 15 is 0 Å². The first-order chi connectivity index (χ1) is 9.24. The molecule has 2 rings (SSSR count). The Kier molecular flexibility index (Phi) is 4.29. The molecule has 0 aliphatic rings. The van der Waals surface area contributed by atoms with Crippen LogP contribution in [0.25, 0.3) is 0 Å². The van der Waals surface area contributed by atoms with Crippen LogP contribution in [-0.4, -0.2) is 13.4 Å². The second kappa shape index (κ2) is 6.14. The molecule has 0 saturated carbocycles. The summed E-state index contributed by atoms with van der Waals surface area (Å²) < 4.78 is 18.7. The summed E-state index contributed by atoms with van der Waals surface area (Å²) in [6.07, 6.45) is 1.27. The Balaban J connectivity index is 2.19. The van der Waals surface area contributed by atoms with Crippen molar-refractivity contribution in [3.63, 3.8) is 0 Å². The normalized spacial score (nSPS) is 11.9. The molecule has 0 saturated heterocycles. The van der Waals surface area contributed by atoms with Gasteiger partial charge in [-0.2, -0.15) is 0 Å². The monoisotopic (exact) mass is 258 g/mol. The Morgan fingerprint density at radius 3 is 2.42 bits per heavy atom. The zero-order chi connectivity index (χ0) is 13.7. The average Bonchev–Trinajstić information content (AvgIpc) is 2.46. The third kappa shape index (κ3) is 3.19. The fourth-order valence-electron chi connectivity index (χ4n) is 2.02. The van der Waals surface area contributed by atoms with E-state index < -0.39 is 5.92 Å². The van der Waals surface area contributed by atoms with Crippen molar-refractivity contribution in [2.75, 3.05) is 7.11 Å². The number of carbonyl (C=O) groups excluding carboxylic acids is 1. The Morgan fingerprint density at radius 2 is 1.84 bits per heavy atom. The summed E-state index contributed by atoms with van der Waals surface area (Å²) in [5, 5.41) is 0. The average molecular weight is 258 g/mol. The minimum Gasteiger partial charge on any atom is -0.497 e. The lowest BCUT2D eigenvalue weighted by Crippen LogP contribution is -2.06. The predicted molar refractivity (Wildman–Crippen MR) is 71.9 cm³/mol. The topological polar surface area (TPSA) is 26.3 Å². The lowest BCUT2D eigenvalue weighted by molar-refractivity contribution is -0.109. The number of hydrogen-bond acceptors (Lipinski definition) is 2. The maximum absolute atomic E-state index is 13.7. The first kappa shape index (κ1) is 13.3. The molecular formula is C16H15FO2. The molecule has 3 heteroatoms. The molecule has 2 aromatic rings. The number of rotatable bonds is 5. The van der Waals surface area contributed by atoms with E-state index in [-0.39, 0.29) is 5.82 Å². The first-order valence-electron chi connectivity index (χ1n) is 6.07.